The number of nitrogens with zero attached hydrogens (tertiary/aromatic N) is 1. The van der Waals surface area contributed by atoms with E-state index < -0.39 is 41.7 Å². The van der Waals surface area contributed by atoms with Crippen LogP contribution in [0.3, 0.4) is 0 Å². The molecule has 6 nitrogen and oxygen atoms in total. The lowest BCUT2D eigenvalue weighted by Crippen LogP contribution is -2.47. The van der Waals surface area contributed by atoms with E-state index in [1.165, 1.54) is 12.1 Å². The quantitative estimate of drug-likeness (QED) is 0.752. The van der Waals surface area contributed by atoms with Gasteiger partial charge in [-0.25, -0.2) is 4.79 Å². The third kappa shape index (κ3) is 3.40. The van der Waals surface area contributed by atoms with Crippen molar-refractivity contribution in [2.75, 3.05) is 11.9 Å². The van der Waals surface area contributed by atoms with E-state index in [-0.39, 0.29) is 5.69 Å². The first-order valence-electron chi connectivity index (χ1n) is 9.40. The summed E-state index contributed by atoms with van der Waals surface area (Å²) in [6.45, 7) is -0.592. The van der Waals surface area contributed by atoms with Crippen LogP contribution in [0.1, 0.15) is 29.5 Å². The lowest BCUT2D eigenvalue weighted by molar-refractivity contribution is -0.137. The SMILES string of the molecule is O=C(CN1C(=O)NC2(CCCc3ccccc32)C1=O)Nc1cccc(C(F)(F)F)c1. The molecule has 2 aromatic rings. The van der Waals surface area contributed by atoms with Crippen LogP contribution < -0.4 is 10.6 Å². The van der Waals surface area contributed by atoms with Crippen LogP contribution in [0.5, 0.6) is 0 Å². The zero-order valence-electron chi connectivity index (χ0n) is 15.8. The largest absolute Gasteiger partial charge is 0.416 e. The van der Waals surface area contributed by atoms with E-state index in [1.54, 1.807) is 12.1 Å². The predicted octanol–water partition coefficient (Wildman–Crippen LogP) is 3.43. The van der Waals surface area contributed by atoms with Crippen molar-refractivity contribution >= 4 is 23.5 Å². The number of nitrogens with one attached hydrogen (secondary N) is 2. The number of rotatable bonds is 3. The fourth-order valence-corrected chi connectivity index (χ4v) is 4.07. The van der Waals surface area contributed by atoms with Gasteiger partial charge < -0.3 is 10.6 Å². The minimum Gasteiger partial charge on any atom is -0.325 e. The van der Waals surface area contributed by atoms with Gasteiger partial charge in [-0.3, -0.25) is 14.5 Å². The van der Waals surface area contributed by atoms with Gasteiger partial charge in [-0.1, -0.05) is 30.3 Å². The number of imide groups is 1. The van der Waals surface area contributed by atoms with Gasteiger partial charge in [0.2, 0.25) is 5.91 Å². The number of carbonyl (C=O) groups excluding carboxylic acids is 3. The third-order valence-corrected chi connectivity index (χ3v) is 5.43. The maximum Gasteiger partial charge on any atom is 0.416 e. The number of amides is 4. The second-order valence-electron chi connectivity index (χ2n) is 7.36. The molecule has 1 saturated heterocycles. The second kappa shape index (κ2) is 7.16. The number of aryl methyl sites for hydroxylation is 1. The van der Waals surface area contributed by atoms with Crippen molar-refractivity contribution in [2.45, 2.75) is 31.0 Å². The van der Waals surface area contributed by atoms with Crippen molar-refractivity contribution < 1.29 is 27.6 Å². The van der Waals surface area contributed by atoms with E-state index in [0.29, 0.717) is 12.8 Å². The third-order valence-electron chi connectivity index (χ3n) is 5.43. The first kappa shape index (κ1) is 19.9. The molecule has 9 heteroatoms. The highest BCUT2D eigenvalue weighted by Crippen LogP contribution is 2.39. The van der Waals surface area contributed by atoms with Crippen molar-refractivity contribution in [2.24, 2.45) is 0 Å². The van der Waals surface area contributed by atoms with Gasteiger partial charge in [0.15, 0.2) is 0 Å². The Hall–Kier alpha value is -3.36. The Morgan fingerprint density at radius 3 is 2.67 bits per heavy atom. The van der Waals surface area contributed by atoms with Crippen LogP contribution in [-0.2, 0) is 27.7 Å². The smallest absolute Gasteiger partial charge is 0.325 e. The van der Waals surface area contributed by atoms with Crippen LogP contribution in [0.4, 0.5) is 23.7 Å². The highest BCUT2D eigenvalue weighted by Gasteiger charge is 2.54. The van der Waals surface area contributed by atoms with Gasteiger partial charge in [-0.05, 0) is 48.6 Å². The molecule has 30 heavy (non-hydrogen) atoms. The van der Waals surface area contributed by atoms with Crippen LogP contribution in [-0.4, -0.2) is 29.3 Å². The Kier molecular flexibility index (Phi) is 4.76. The molecule has 1 unspecified atom stereocenters. The standard InChI is InChI=1S/C21H18F3N3O3/c22-21(23,24)14-7-3-8-15(11-14)25-17(28)12-27-18(29)20(26-19(27)30)10-4-6-13-5-1-2-9-16(13)20/h1-3,5,7-9,11H,4,6,10,12H2,(H,25,28)(H,26,30). The summed E-state index contributed by atoms with van der Waals surface area (Å²) < 4.78 is 38.5. The van der Waals surface area contributed by atoms with Gasteiger partial charge in [0.25, 0.3) is 5.91 Å². The minimum atomic E-state index is -4.55. The summed E-state index contributed by atoms with van der Waals surface area (Å²) in [4.78, 5) is 38.8. The zero-order valence-corrected chi connectivity index (χ0v) is 15.8. The average Bonchev–Trinajstić information content (AvgIpc) is 2.93. The molecule has 4 rings (SSSR count). The molecule has 2 aliphatic rings. The number of hydrogen-bond acceptors (Lipinski definition) is 3. The van der Waals surface area contributed by atoms with Crippen molar-refractivity contribution in [3.05, 3.63) is 65.2 Å². The Morgan fingerprint density at radius 1 is 1.13 bits per heavy atom. The lowest BCUT2D eigenvalue weighted by atomic mass is 9.76. The molecule has 0 bridgehead atoms. The van der Waals surface area contributed by atoms with Crippen LogP contribution in [0.2, 0.25) is 0 Å². The van der Waals surface area contributed by atoms with Crippen molar-refractivity contribution in [1.29, 1.82) is 0 Å². The molecule has 1 spiro atoms. The van der Waals surface area contributed by atoms with Gasteiger partial charge in [0.1, 0.15) is 12.1 Å². The van der Waals surface area contributed by atoms with E-state index in [0.717, 1.165) is 34.6 Å². The van der Waals surface area contributed by atoms with Crippen LogP contribution in [0.25, 0.3) is 0 Å². The molecule has 1 heterocycles. The van der Waals surface area contributed by atoms with Crippen LogP contribution in [0, 0.1) is 0 Å². The summed E-state index contributed by atoms with van der Waals surface area (Å²) in [6.07, 6.45) is -2.64. The maximum absolute atomic E-state index is 13.1. The van der Waals surface area contributed by atoms with E-state index in [1.807, 2.05) is 12.1 Å². The number of anilines is 1. The van der Waals surface area contributed by atoms with Gasteiger partial charge in [0.05, 0.1) is 5.56 Å². The molecule has 2 N–H and O–H groups in total. The maximum atomic E-state index is 13.1. The average molecular weight is 417 g/mol. The number of urea groups is 1. The zero-order chi connectivity index (χ0) is 21.5. The molecule has 0 aromatic heterocycles. The molecule has 0 saturated carbocycles. The summed E-state index contributed by atoms with van der Waals surface area (Å²) in [5, 5.41) is 5.05. The Morgan fingerprint density at radius 2 is 1.90 bits per heavy atom. The molecule has 1 atom stereocenters. The summed E-state index contributed by atoms with van der Waals surface area (Å²) in [5.74, 6) is -1.29. The number of benzene rings is 2. The molecule has 1 aliphatic heterocycles. The molecule has 4 amide bonds. The summed E-state index contributed by atoms with van der Waals surface area (Å²) in [5.41, 5.74) is -0.502. The fraction of sp³-hybridized carbons (Fsp3) is 0.286. The molecule has 1 aliphatic carbocycles. The van der Waals surface area contributed by atoms with Crippen molar-refractivity contribution in [3.8, 4) is 0 Å². The molecular weight excluding hydrogens is 399 g/mol. The number of carbonyl (C=O) groups is 3. The van der Waals surface area contributed by atoms with Crippen LogP contribution in [0.15, 0.2) is 48.5 Å². The highest BCUT2D eigenvalue weighted by molar-refractivity contribution is 6.10. The minimum absolute atomic E-state index is 0.0698. The Labute approximate surface area is 170 Å². The molecule has 2 aromatic carbocycles. The van der Waals surface area contributed by atoms with E-state index in [9.17, 15) is 27.6 Å². The fourth-order valence-electron chi connectivity index (χ4n) is 4.07. The molecule has 0 radical (unpaired) electrons. The number of hydrogen-bond donors (Lipinski definition) is 2. The topological polar surface area (TPSA) is 78.5 Å². The van der Waals surface area contributed by atoms with Gasteiger partial charge >= 0.3 is 12.2 Å². The molecular formula is C21H18F3N3O3. The van der Waals surface area contributed by atoms with Gasteiger partial charge in [-0.2, -0.15) is 13.2 Å². The Bertz CT molecular complexity index is 1040. The predicted molar refractivity (Wildman–Crippen MR) is 101 cm³/mol. The number of fused-ring (bicyclic) bond motifs is 2. The van der Waals surface area contributed by atoms with Crippen molar-refractivity contribution in [3.63, 3.8) is 0 Å². The normalized spacial score (nSPS) is 20.8. The van der Waals surface area contributed by atoms with E-state index in [4.69, 9.17) is 0 Å². The highest BCUT2D eigenvalue weighted by atomic mass is 19.4. The number of alkyl halides is 3. The van der Waals surface area contributed by atoms with E-state index in [2.05, 4.69) is 10.6 Å². The summed E-state index contributed by atoms with van der Waals surface area (Å²) in [7, 11) is 0. The lowest BCUT2D eigenvalue weighted by Gasteiger charge is -2.33. The van der Waals surface area contributed by atoms with E-state index >= 15 is 0 Å². The first-order chi connectivity index (χ1) is 14.2. The first-order valence-corrected chi connectivity index (χ1v) is 9.40. The van der Waals surface area contributed by atoms with Gasteiger partial charge in [-0.15, -0.1) is 0 Å². The molecule has 156 valence electrons. The summed E-state index contributed by atoms with van der Waals surface area (Å²) in [6, 6.07) is 10.8. The van der Waals surface area contributed by atoms with Crippen LogP contribution >= 0.6 is 0 Å². The van der Waals surface area contributed by atoms with Gasteiger partial charge in [0, 0.05) is 5.69 Å². The Balaban J connectivity index is 1.52. The monoisotopic (exact) mass is 417 g/mol. The molecule has 1 fully saturated rings. The van der Waals surface area contributed by atoms with Crippen molar-refractivity contribution in [1.82, 2.24) is 10.2 Å². The number of halogens is 3. The summed E-state index contributed by atoms with van der Waals surface area (Å²) >= 11 is 0. The second-order valence-corrected chi connectivity index (χ2v) is 7.36.